The third-order valence-electron chi connectivity index (χ3n) is 3.13. The van der Waals surface area contributed by atoms with E-state index < -0.39 is 0 Å². The van der Waals surface area contributed by atoms with E-state index in [0.29, 0.717) is 13.3 Å². The third-order valence-corrected chi connectivity index (χ3v) is 3.13. The molecule has 1 atom stereocenters. The SMILES string of the molecule is CC(NCc1ccncn1)c1ccc2c(c1)OCO2. The zero-order chi connectivity index (χ0) is 13.1. The second-order valence-corrected chi connectivity index (χ2v) is 4.42. The Morgan fingerprint density at radius 3 is 3.00 bits per heavy atom. The molecule has 3 rings (SSSR count). The molecule has 0 radical (unpaired) electrons. The van der Waals surface area contributed by atoms with Crippen LogP contribution in [0, 0.1) is 0 Å². The largest absolute Gasteiger partial charge is 0.454 e. The molecule has 0 amide bonds. The number of hydrogen-bond donors (Lipinski definition) is 1. The molecule has 0 fully saturated rings. The monoisotopic (exact) mass is 257 g/mol. The lowest BCUT2D eigenvalue weighted by atomic mass is 10.1. The van der Waals surface area contributed by atoms with Gasteiger partial charge < -0.3 is 14.8 Å². The maximum Gasteiger partial charge on any atom is 0.231 e. The first-order valence-electron chi connectivity index (χ1n) is 6.21. The molecular formula is C14H15N3O2. The average Bonchev–Trinajstić information content (AvgIpc) is 2.93. The molecule has 1 unspecified atom stereocenters. The molecule has 19 heavy (non-hydrogen) atoms. The quantitative estimate of drug-likeness (QED) is 0.908. The van der Waals surface area contributed by atoms with Crippen molar-refractivity contribution in [1.82, 2.24) is 15.3 Å². The highest BCUT2D eigenvalue weighted by Crippen LogP contribution is 2.34. The van der Waals surface area contributed by atoms with Crippen molar-refractivity contribution in [2.24, 2.45) is 0 Å². The van der Waals surface area contributed by atoms with Gasteiger partial charge in [-0.05, 0) is 30.7 Å². The summed E-state index contributed by atoms with van der Waals surface area (Å²) in [6.07, 6.45) is 3.30. The summed E-state index contributed by atoms with van der Waals surface area (Å²) >= 11 is 0. The lowest BCUT2D eigenvalue weighted by Gasteiger charge is -2.14. The molecule has 5 nitrogen and oxygen atoms in total. The van der Waals surface area contributed by atoms with Crippen LogP contribution in [0.15, 0.2) is 36.8 Å². The Labute approximate surface area is 111 Å². The van der Waals surface area contributed by atoms with Crippen LogP contribution >= 0.6 is 0 Å². The number of rotatable bonds is 4. The summed E-state index contributed by atoms with van der Waals surface area (Å²) in [5, 5.41) is 3.42. The molecule has 1 N–H and O–H groups in total. The first kappa shape index (κ1) is 11.9. The number of benzene rings is 1. The van der Waals surface area contributed by atoms with E-state index in [9.17, 15) is 0 Å². The van der Waals surface area contributed by atoms with Crippen LogP contribution < -0.4 is 14.8 Å². The summed E-state index contributed by atoms with van der Waals surface area (Å²) in [5.74, 6) is 1.62. The third kappa shape index (κ3) is 2.66. The van der Waals surface area contributed by atoms with E-state index in [1.54, 1.807) is 12.5 Å². The Hall–Kier alpha value is -2.14. The van der Waals surface area contributed by atoms with Gasteiger partial charge in [-0.3, -0.25) is 0 Å². The van der Waals surface area contributed by atoms with Gasteiger partial charge in [-0.25, -0.2) is 9.97 Å². The molecular weight excluding hydrogens is 242 g/mol. The molecule has 1 aromatic carbocycles. The lowest BCUT2D eigenvalue weighted by Crippen LogP contribution is -2.18. The van der Waals surface area contributed by atoms with Crippen molar-refractivity contribution in [3.8, 4) is 11.5 Å². The predicted octanol–water partition coefficient (Wildman–Crippen LogP) is 2.06. The molecule has 0 saturated carbocycles. The van der Waals surface area contributed by atoms with Gasteiger partial charge in [0.15, 0.2) is 11.5 Å². The van der Waals surface area contributed by atoms with Crippen LogP contribution in [0.1, 0.15) is 24.2 Å². The summed E-state index contributed by atoms with van der Waals surface area (Å²) in [4.78, 5) is 8.08. The van der Waals surface area contributed by atoms with Gasteiger partial charge >= 0.3 is 0 Å². The Bertz CT molecular complexity index is 560. The molecule has 2 heterocycles. The summed E-state index contributed by atoms with van der Waals surface area (Å²) in [6, 6.07) is 8.12. The van der Waals surface area contributed by atoms with Gasteiger partial charge in [0.25, 0.3) is 0 Å². The minimum atomic E-state index is 0.212. The van der Waals surface area contributed by atoms with E-state index in [1.165, 1.54) is 5.56 Å². The molecule has 2 aromatic rings. The average molecular weight is 257 g/mol. The van der Waals surface area contributed by atoms with Crippen LogP contribution in [0.2, 0.25) is 0 Å². The topological polar surface area (TPSA) is 56.3 Å². The van der Waals surface area contributed by atoms with Crippen molar-refractivity contribution < 1.29 is 9.47 Å². The highest BCUT2D eigenvalue weighted by Gasteiger charge is 2.15. The summed E-state index contributed by atoms with van der Waals surface area (Å²) in [5.41, 5.74) is 2.14. The molecule has 0 bridgehead atoms. The van der Waals surface area contributed by atoms with Gasteiger partial charge in [-0.1, -0.05) is 6.07 Å². The van der Waals surface area contributed by atoms with Gasteiger partial charge in [0, 0.05) is 18.8 Å². The van der Waals surface area contributed by atoms with Crippen molar-refractivity contribution in [1.29, 1.82) is 0 Å². The zero-order valence-electron chi connectivity index (χ0n) is 10.7. The number of nitrogens with one attached hydrogen (secondary N) is 1. The second kappa shape index (κ2) is 5.24. The van der Waals surface area contributed by atoms with Crippen molar-refractivity contribution in [3.05, 3.63) is 48.0 Å². The maximum absolute atomic E-state index is 5.38. The first-order valence-corrected chi connectivity index (χ1v) is 6.21. The zero-order valence-corrected chi connectivity index (χ0v) is 10.7. The van der Waals surface area contributed by atoms with E-state index in [1.807, 2.05) is 24.3 Å². The fourth-order valence-corrected chi connectivity index (χ4v) is 1.98. The van der Waals surface area contributed by atoms with Crippen molar-refractivity contribution in [2.75, 3.05) is 6.79 Å². The summed E-state index contributed by atoms with van der Waals surface area (Å²) in [6.45, 7) is 3.12. The molecule has 98 valence electrons. The van der Waals surface area contributed by atoms with Crippen LogP contribution in [-0.2, 0) is 6.54 Å². The van der Waals surface area contributed by atoms with E-state index in [2.05, 4.69) is 22.2 Å². The Morgan fingerprint density at radius 1 is 1.26 bits per heavy atom. The smallest absolute Gasteiger partial charge is 0.231 e. The van der Waals surface area contributed by atoms with E-state index >= 15 is 0 Å². The van der Waals surface area contributed by atoms with Crippen molar-refractivity contribution in [3.63, 3.8) is 0 Å². The fraction of sp³-hybridized carbons (Fsp3) is 0.286. The minimum Gasteiger partial charge on any atom is -0.454 e. The Balaban J connectivity index is 1.65. The first-order chi connectivity index (χ1) is 9.33. The van der Waals surface area contributed by atoms with Crippen LogP contribution in [0.3, 0.4) is 0 Å². The molecule has 1 aliphatic rings. The summed E-state index contributed by atoms with van der Waals surface area (Å²) < 4.78 is 10.7. The summed E-state index contributed by atoms with van der Waals surface area (Å²) in [7, 11) is 0. The molecule has 1 aliphatic heterocycles. The molecule has 0 spiro atoms. The van der Waals surface area contributed by atoms with Gasteiger partial charge in [0.1, 0.15) is 6.33 Å². The van der Waals surface area contributed by atoms with Gasteiger partial charge in [-0.2, -0.15) is 0 Å². The maximum atomic E-state index is 5.38. The molecule has 1 aromatic heterocycles. The van der Waals surface area contributed by atoms with Gasteiger partial charge in [-0.15, -0.1) is 0 Å². The molecule has 0 saturated heterocycles. The van der Waals surface area contributed by atoms with Crippen molar-refractivity contribution >= 4 is 0 Å². The standard InChI is InChI=1S/C14H15N3O2/c1-10(16-7-12-4-5-15-8-17-12)11-2-3-13-14(6-11)19-9-18-13/h2-6,8,10,16H,7,9H2,1H3. The number of ether oxygens (including phenoxy) is 2. The lowest BCUT2D eigenvalue weighted by molar-refractivity contribution is 0.174. The van der Waals surface area contributed by atoms with E-state index in [4.69, 9.17) is 9.47 Å². The highest BCUT2D eigenvalue weighted by atomic mass is 16.7. The Kier molecular flexibility index (Phi) is 3.29. The number of nitrogens with zero attached hydrogens (tertiary/aromatic N) is 2. The number of fused-ring (bicyclic) bond motifs is 1. The van der Waals surface area contributed by atoms with Gasteiger partial charge in [0.2, 0.25) is 6.79 Å². The molecule has 0 aliphatic carbocycles. The predicted molar refractivity (Wildman–Crippen MR) is 69.9 cm³/mol. The fourth-order valence-electron chi connectivity index (χ4n) is 1.98. The minimum absolute atomic E-state index is 0.212. The number of aromatic nitrogens is 2. The molecule has 5 heteroatoms. The van der Waals surface area contributed by atoms with Crippen LogP contribution in [0.5, 0.6) is 11.5 Å². The van der Waals surface area contributed by atoms with E-state index in [0.717, 1.165) is 17.2 Å². The van der Waals surface area contributed by atoms with Crippen molar-refractivity contribution in [2.45, 2.75) is 19.5 Å². The van der Waals surface area contributed by atoms with Crippen LogP contribution in [0.4, 0.5) is 0 Å². The Morgan fingerprint density at radius 2 is 2.16 bits per heavy atom. The van der Waals surface area contributed by atoms with Crippen LogP contribution in [0.25, 0.3) is 0 Å². The highest BCUT2D eigenvalue weighted by molar-refractivity contribution is 5.45. The van der Waals surface area contributed by atoms with E-state index in [-0.39, 0.29) is 6.04 Å². The number of hydrogen-bond acceptors (Lipinski definition) is 5. The van der Waals surface area contributed by atoms with Gasteiger partial charge in [0.05, 0.1) is 5.69 Å². The normalized spacial score (nSPS) is 14.4. The second-order valence-electron chi connectivity index (χ2n) is 4.42. The van der Waals surface area contributed by atoms with Crippen LogP contribution in [-0.4, -0.2) is 16.8 Å².